The molecular formula is C25H27BrFN9O4. The normalized spacial score (nSPS) is 11.3. The molecule has 0 saturated heterocycles. The van der Waals surface area contributed by atoms with Crippen LogP contribution in [-0.2, 0) is 18.4 Å². The van der Waals surface area contributed by atoms with Crippen LogP contribution in [0.2, 0.25) is 0 Å². The SMILES string of the molecule is COc1cc(Nc2ncnc3cnc(NC(=O)/C=C/C[N+](C)(C)Cc4c([N+](=O)[O-])ncn4C)cc23)ccc1F.[Br-]. The standard InChI is InChI=1S/C25H26FN9O4.BrH/c1-33-15-30-25(34(37)38)20(33)13-35(2,3)9-5-6-23(36)32-22-11-17-19(12-27-22)28-14-29-24(17)31-16-7-8-18(26)21(10-16)39-4;/h5-8,10-12,14-15H,9,13H2,1-4H3,(H-,27,28,29,31,32,36);1H/b6-5+;. The number of fused-ring (bicyclic) bond motifs is 1. The van der Waals surface area contributed by atoms with Crippen LogP contribution in [0.1, 0.15) is 5.69 Å². The highest BCUT2D eigenvalue weighted by molar-refractivity contribution is 6.00. The lowest BCUT2D eigenvalue weighted by Gasteiger charge is -2.27. The monoisotopic (exact) mass is 615 g/mol. The van der Waals surface area contributed by atoms with Gasteiger partial charge in [0, 0.05) is 30.3 Å². The largest absolute Gasteiger partial charge is 1.00 e. The molecule has 0 aliphatic rings. The van der Waals surface area contributed by atoms with Crippen LogP contribution in [0.4, 0.5) is 27.5 Å². The van der Waals surface area contributed by atoms with Crippen LogP contribution >= 0.6 is 0 Å². The van der Waals surface area contributed by atoms with Gasteiger partial charge >= 0.3 is 5.82 Å². The molecular weight excluding hydrogens is 589 g/mol. The van der Waals surface area contributed by atoms with Crippen molar-refractivity contribution in [2.45, 2.75) is 6.54 Å². The number of imidazole rings is 1. The maximum absolute atomic E-state index is 13.8. The van der Waals surface area contributed by atoms with Crippen molar-refractivity contribution in [1.82, 2.24) is 24.5 Å². The van der Waals surface area contributed by atoms with E-state index < -0.39 is 16.6 Å². The first-order chi connectivity index (χ1) is 18.6. The third-order valence-electron chi connectivity index (χ3n) is 5.84. The summed E-state index contributed by atoms with van der Waals surface area (Å²) in [5.74, 6) is -0.262. The molecule has 3 heterocycles. The second-order valence-corrected chi connectivity index (χ2v) is 9.33. The predicted octanol–water partition coefficient (Wildman–Crippen LogP) is 0.333. The van der Waals surface area contributed by atoms with Crippen LogP contribution in [0.25, 0.3) is 10.9 Å². The number of nitro groups is 1. The van der Waals surface area contributed by atoms with Crippen LogP contribution in [0.15, 0.2) is 55.3 Å². The number of amides is 1. The zero-order chi connectivity index (χ0) is 28.2. The highest BCUT2D eigenvalue weighted by Crippen LogP contribution is 2.27. The number of methoxy groups -OCH3 is 1. The molecule has 3 aromatic heterocycles. The number of quaternary nitrogens is 1. The van der Waals surface area contributed by atoms with Gasteiger partial charge in [-0.3, -0.25) is 4.79 Å². The number of benzene rings is 1. The Morgan fingerprint density at radius 3 is 2.73 bits per heavy atom. The Kier molecular flexibility index (Phi) is 9.44. The molecule has 0 unspecified atom stereocenters. The topological polar surface area (TPSA) is 150 Å². The second-order valence-electron chi connectivity index (χ2n) is 9.33. The Balaban J connectivity index is 0.00000441. The Bertz CT molecular complexity index is 1580. The van der Waals surface area contributed by atoms with Gasteiger partial charge in [0.2, 0.25) is 12.2 Å². The molecule has 40 heavy (non-hydrogen) atoms. The summed E-state index contributed by atoms with van der Waals surface area (Å²) in [7, 11) is 6.88. The van der Waals surface area contributed by atoms with E-state index >= 15 is 0 Å². The Labute approximate surface area is 239 Å². The lowest BCUT2D eigenvalue weighted by molar-refractivity contribution is -0.898. The molecule has 0 fully saturated rings. The van der Waals surface area contributed by atoms with E-state index in [0.717, 1.165) is 0 Å². The first-order valence-corrected chi connectivity index (χ1v) is 11.7. The van der Waals surface area contributed by atoms with Gasteiger partial charge in [-0.25, -0.2) is 19.3 Å². The third-order valence-corrected chi connectivity index (χ3v) is 5.84. The van der Waals surface area contributed by atoms with Gasteiger partial charge in [-0.15, -0.1) is 0 Å². The molecule has 13 nitrogen and oxygen atoms in total. The first kappa shape index (κ1) is 30.0. The van der Waals surface area contributed by atoms with E-state index in [4.69, 9.17) is 4.74 Å². The minimum Gasteiger partial charge on any atom is -1.00 e. The number of ether oxygens (including phenoxy) is 1. The number of anilines is 3. The van der Waals surface area contributed by atoms with Crippen LogP contribution in [-0.4, -0.2) is 67.6 Å². The summed E-state index contributed by atoms with van der Waals surface area (Å²) in [6, 6.07) is 5.96. The number of hydrogen-bond acceptors (Lipinski definition) is 9. The smallest absolute Gasteiger partial charge is 0.390 e. The lowest BCUT2D eigenvalue weighted by Crippen LogP contribution is -3.00. The molecule has 210 valence electrons. The van der Waals surface area contributed by atoms with Crippen molar-refractivity contribution < 1.29 is 40.3 Å². The van der Waals surface area contributed by atoms with Crippen LogP contribution in [0.5, 0.6) is 5.75 Å². The van der Waals surface area contributed by atoms with Crippen LogP contribution in [0, 0.1) is 15.9 Å². The molecule has 15 heteroatoms. The summed E-state index contributed by atoms with van der Waals surface area (Å²) in [5, 5.41) is 17.7. The highest BCUT2D eigenvalue weighted by atomic mass is 79.9. The van der Waals surface area contributed by atoms with Crippen molar-refractivity contribution in [3.05, 3.63) is 76.9 Å². The van der Waals surface area contributed by atoms with Gasteiger partial charge in [-0.1, -0.05) is 0 Å². The summed E-state index contributed by atoms with van der Waals surface area (Å²) in [6.07, 6.45) is 7.36. The molecule has 4 aromatic rings. The zero-order valence-electron chi connectivity index (χ0n) is 22.1. The number of pyridine rings is 1. The number of carbonyl (C=O) groups is 1. The van der Waals surface area contributed by atoms with E-state index in [-0.39, 0.29) is 34.4 Å². The van der Waals surface area contributed by atoms with E-state index in [1.165, 1.54) is 44.2 Å². The fourth-order valence-electron chi connectivity index (χ4n) is 3.86. The molecule has 0 bridgehead atoms. The Morgan fingerprint density at radius 1 is 1.23 bits per heavy atom. The van der Waals surface area contributed by atoms with Gasteiger partial charge in [0.15, 0.2) is 17.3 Å². The number of aromatic nitrogens is 5. The molecule has 2 N–H and O–H groups in total. The Hall–Kier alpha value is -4.50. The van der Waals surface area contributed by atoms with Gasteiger partial charge in [0.1, 0.15) is 24.5 Å². The van der Waals surface area contributed by atoms with Gasteiger partial charge in [-0.2, -0.15) is 0 Å². The maximum atomic E-state index is 13.8. The molecule has 1 amide bonds. The van der Waals surface area contributed by atoms with Crippen molar-refractivity contribution in [2.75, 3.05) is 38.4 Å². The fourth-order valence-corrected chi connectivity index (χ4v) is 3.86. The van der Waals surface area contributed by atoms with Crippen molar-refractivity contribution in [2.24, 2.45) is 7.05 Å². The average Bonchev–Trinajstić information content (AvgIpc) is 3.24. The average molecular weight is 616 g/mol. The number of nitrogens with one attached hydrogen (secondary N) is 2. The third kappa shape index (κ3) is 7.12. The van der Waals surface area contributed by atoms with Gasteiger partial charge in [0.05, 0.1) is 39.5 Å². The zero-order valence-corrected chi connectivity index (χ0v) is 23.7. The number of halogens is 2. The number of nitrogens with zero attached hydrogens (tertiary/aromatic N) is 7. The predicted molar refractivity (Wildman–Crippen MR) is 142 cm³/mol. The second kappa shape index (κ2) is 12.6. The number of aryl methyl sites for hydroxylation is 1. The number of rotatable bonds is 10. The molecule has 0 saturated carbocycles. The molecule has 4 rings (SSSR count). The summed E-state index contributed by atoms with van der Waals surface area (Å²) in [5.41, 5.74) is 1.59. The van der Waals surface area contributed by atoms with Gasteiger partial charge in [0.25, 0.3) is 0 Å². The van der Waals surface area contributed by atoms with Crippen LogP contribution < -0.4 is 32.4 Å². The molecule has 0 atom stereocenters. The maximum Gasteiger partial charge on any atom is 0.390 e. The van der Waals surface area contributed by atoms with Gasteiger partial charge in [-0.05, 0) is 34.2 Å². The van der Waals surface area contributed by atoms with Crippen LogP contribution in [0.3, 0.4) is 0 Å². The number of carbonyl (C=O) groups excluding carboxylic acids is 1. The van der Waals surface area contributed by atoms with Crippen molar-refractivity contribution >= 4 is 40.0 Å². The number of likely N-dealkylation sites (N-methyl/N-ethyl adjacent to an activating group) is 1. The molecule has 0 aliphatic heterocycles. The highest BCUT2D eigenvalue weighted by Gasteiger charge is 2.26. The molecule has 0 spiro atoms. The summed E-state index contributed by atoms with van der Waals surface area (Å²) in [4.78, 5) is 39.9. The van der Waals surface area contributed by atoms with Crippen molar-refractivity contribution in [3.8, 4) is 5.75 Å². The van der Waals surface area contributed by atoms with Gasteiger partial charge < -0.3 is 51.5 Å². The van der Waals surface area contributed by atoms with Crippen molar-refractivity contribution in [3.63, 3.8) is 0 Å². The minimum absolute atomic E-state index is 0. The molecule has 0 aliphatic carbocycles. The molecule has 1 aromatic carbocycles. The fraction of sp³-hybridized carbons (Fsp3) is 0.240. The summed E-state index contributed by atoms with van der Waals surface area (Å²) < 4.78 is 20.8. The summed E-state index contributed by atoms with van der Waals surface area (Å²) in [6.45, 7) is 0.782. The minimum atomic E-state index is -0.502. The summed E-state index contributed by atoms with van der Waals surface area (Å²) >= 11 is 0. The number of hydrogen-bond donors (Lipinski definition) is 2. The van der Waals surface area contributed by atoms with E-state index in [2.05, 4.69) is 30.6 Å². The van der Waals surface area contributed by atoms with E-state index in [0.29, 0.717) is 45.7 Å². The van der Waals surface area contributed by atoms with E-state index in [9.17, 15) is 19.3 Å². The van der Waals surface area contributed by atoms with Crippen molar-refractivity contribution in [1.29, 1.82) is 0 Å². The first-order valence-electron chi connectivity index (χ1n) is 11.7. The lowest BCUT2D eigenvalue weighted by atomic mass is 10.2. The van der Waals surface area contributed by atoms with E-state index in [1.807, 2.05) is 14.1 Å². The quantitative estimate of drug-likeness (QED) is 0.111. The van der Waals surface area contributed by atoms with E-state index in [1.54, 1.807) is 29.8 Å². The Morgan fingerprint density at radius 2 is 2.00 bits per heavy atom. The molecule has 0 radical (unpaired) electrons.